The molecule has 5 heteroatoms. The van der Waals surface area contributed by atoms with Gasteiger partial charge in [0.2, 0.25) is 0 Å². The number of aliphatic hydroxyl groups excluding tert-OH is 1. The van der Waals surface area contributed by atoms with E-state index in [2.05, 4.69) is 18.7 Å². The summed E-state index contributed by atoms with van der Waals surface area (Å²) in [5.74, 6) is 0. The Labute approximate surface area is 138 Å². The third-order valence-electron chi connectivity index (χ3n) is 3.84. The van der Waals surface area contributed by atoms with Crippen molar-refractivity contribution in [3.63, 3.8) is 0 Å². The Bertz CT molecular complexity index is 444. The maximum absolute atomic E-state index is 10.2. The van der Waals surface area contributed by atoms with Crippen LogP contribution in [0.2, 0.25) is 5.02 Å². The number of ether oxygens (including phenoxy) is 2. The minimum atomic E-state index is -0.493. The zero-order chi connectivity index (χ0) is 16.1. The van der Waals surface area contributed by atoms with Crippen LogP contribution in [0.4, 0.5) is 0 Å². The summed E-state index contributed by atoms with van der Waals surface area (Å²) in [7, 11) is 0. The number of hydrogen-bond donors (Lipinski definition) is 1. The topological polar surface area (TPSA) is 41.9 Å². The first-order valence-corrected chi connectivity index (χ1v) is 8.24. The van der Waals surface area contributed by atoms with Crippen molar-refractivity contribution in [3.05, 3.63) is 34.9 Å². The van der Waals surface area contributed by atoms with Crippen molar-refractivity contribution in [2.75, 3.05) is 26.2 Å². The molecule has 0 saturated carbocycles. The second-order valence-corrected chi connectivity index (χ2v) is 6.59. The van der Waals surface area contributed by atoms with Gasteiger partial charge in [0.15, 0.2) is 0 Å². The minimum Gasteiger partial charge on any atom is -0.389 e. The molecule has 0 aromatic heterocycles. The summed E-state index contributed by atoms with van der Waals surface area (Å²) in [5, 5.41) is 10.9. The van der Waals surface area contributed by atoms with Crippen molar-refractivity contribution in [1.29, 1.82) is 0 Å². The lowest BCUT2D eigenvalue weighted by molar-refractivity contribution is -0.0852. The highest BCUT2D eigenvalue weighted by molar-refractivity contribution is 6.30. The van der Waals surface area contributed by atoms with Gasteiger partial charge in [-0.1, -0.05) is 23.7 Å². The molecule has 22 heavy (non-hydrogen) atoms. The fourth-order valence-electron chi connectivity index (χ4n) is 2.87. The van der Waals surface area contributed by atoms with Crippen molar-refractivity contribution in [2.24, 2.45) is 0 Å². The van der Waals surface area contributed by atoms with Gasteiger partial charge in [-0.05, 0) is 38.5 Å². The summed E-state index contributed by atoms with van der Waals surface area (Å²) in [6.45, 7) is 8.76. The number of nitrogens with zero attached hydrogens (tertiary/aromatic N) is 1. The van der Waals surface area contributed by atoms with E-state index >= 15 is 0 Å². The Balaban J connectivity index is 1.75. The van der Waals surface area contributed by atoms with Crippen LogP contribution in [0.3, 0.4) is 0 Å². The van der Waals surface area contributed by atoms with Crippen molar-refractivity contribution in [2.45, 2.75) is 45.2 Å². The van der Waals surface area contributed by atoms with Crippen LogP contribution in [-0.4, -0.2) is 54.6 Å². The maximum Gasteiger partial charge on any atom is 0.0900 e. The molecule has 4 nitrogen and oxygen atoms in total. The minimum absolute atomic E-state index is 0.0607. The standard InChI is InChI=1S/C17H26ClNO3/c1-12-8-19(9-13(2)22-12)10-17(20)11-21-14(3)15-4-6-16(18)7-5-15/h4-7,12-14,17,20H,8-11H2,1-3H3. The van der Waals surface area contributed by atoms with E-state index in [4.69, 9.17) is 21.1 Å². The summed E-state index contributed by atoms with van der Waals surface area (Å²) < 4.78 is 11.5. The van der Waals surface area contributed by atoms with Gasteiger partial charge in [-0.3, -0.25) is 4.90 Å². The molecule has 0 aliphatic carbocycles. The van der Waals surface area contributed by atoms with Crippen molar-refractivity contribution < 1.29 is 14.6 Å². The second kappa shape index (κ2) is 8.27. The molecule has 0 bridgehead atoms. The number of β-amino-alcohol motifs (C(OH)–C–C–N with tert-alkyl or cyclic N) is 1. The molecule has 4 unspecified atom stereocenters. The summed E-state index contributed by atoms with van der Waals surface area (Å²) in [4.78, 5) is 2.24. The Morgan fingerprint density at radius 3 is 2.45 bits per heavy atom. The normalized spacial score (nSPS) is 25.9. The Morgan fingerprint density at radius 2 is 1.86 bits per heavy atom. The highest BCUT2D eigenvalue weighted by Gasteiger charge is 2.24. The molecule has 1 aromatic rings. The van der Waals surface area contributed by atoms with Gasteiger partial charge < -0.3 is 14.6 Å². The number of morpholine rings is 1. The molecule has 1 fully saturated rings. The van der Waals surface area contributed by atoms with E-state index in [1.54, 1.807) is 0 Å². The van der Waals surface area contributed by atoms with E-state index in [1.807, 2.05) is 31.2 Å². The predicted molar refractivity (Wildman–Crippen MR) is 88.3 cm³/mol. The van der Waals surface area contributed by atoms with E-state index in [-0.39, 0.29) is 18.3 Å². The van der Waals surface area contributed by atoms with E-state index < -0.39 is 6.10 Å². The molecule has 1 saturated heterocycles. The molecular weight excluding hydrogens is 302 g/mol. The summed E-state index contributed by atoms with van der Waals surface area (Å²) >= 11 is 5.88. The van der Waals surface area contributed by atoms with Gasteiger partial charge in [0.1, 0.15) is 0 Å². The first kappa shape index (κ1) is 17.7. The first-order chi connectivity index (χ1) is 10.4. The lowest BCUT2D eigenvalue weighted by atomic mass is 10.1. The van der Waals surface area contributed by atoms with Crippen molar-refractivity contribution >= 4 is 11.6 Å². The summed E-state index contributed by atoms with van der Waals surface area (Å²) in [5.41, 5.74) is 1.06. The average Bonchev–Trinajstić information content (AvgIpc) is 2.44. The van der Waals surface area contributed by atoms with Gasteiger partial charge in [0, 0.05) is 24.7 Å². The van der Waals surface area contributed by atoms with Gasteiger partial charge in [-0.2, -0.15) is 0 Å². The van der Waals surface area contributed by atoms with E-state index in [1.165, 1.54) is 0 Å². The van der Waals surface area contributed by atoms with Crippen molar-refractivity contribution in [1.82, 2.24) is 4.90 Å². The Hall–Kier alpha value is -0.650. The fourth-order valence-corrected chi connectivity index (χ4v) is 3.00. The number of rotatable bonds is 6. The van der Waals surface area contributed by atoms with Crippen LogP contribution >= 0.6 is 11.6 Å². The SMILES string of the molecule is CC1CN(CC(O)COC(C)c2ccc(Cl)cc2)CC(C)O1. The number of benzene rings is 1. The highest BCUT2D eigenvalue weighted by Crippen LogP contribution is 2.19. The molecular formula is C17H26ClNO3. The third-order valence-corrected chi connectivity index (χ3v) is 4.09. The number of aliphatic hydroxyl groups is 1. The third kappa shape index (κ3) is 5.52. The largest absolute Gasteiger partial charge is 0.389 e. The molecule has 1 aliphatic heterocycles. The lowest BCUT2D eigenvalue weighted by Crippen LogP contribution is -2.48. The molecule has 4 atom stereocenters. The highest BCUT2D eigenvalue weighted by atomic mass is 35.5. The van der Waals surface area contributed by atoms with Gasteiger partial charge in [-0.25, -0.2) is 0 Å². The molecule has 1 N–H and O–H groups in total. The van der Waals surface area contributed by atoms with Crippen LogP contribution in [0.15, 0.2) is 24.3 Å². The summed E-state index contributed by atoms with van der Waals surface area (Å²) in [6, 6.07) is 7.60. The molecule has 1 aromatic carbocycles. The fraction of sp³-hybridized carbons (Fsp3) is 0.647. The van der Waals surface area contributed by atoms with E-state index in [9.17, 15) is 5.11 Å². The zero-order valence-electron chi connectivity index (χ0n) is 13.5. The molecule has 0 radical (unpaired) electrons. The van der Waals surface area contributed by atoms with Crippen LogP contribution in [0.5, 0.6) is 0 Å². The van der Waals surface area contributed by atoms with Crippen LogP contribution in [-0.2, 0) is 9.47 Å². The Morgan fingerprint density at radius 1 is 1.27 bits per heavy atom. The molecule has 124 valence electrons. The van der Waals surface area contributed by atoms with Gasteiger partial charge in [0.25, 0.3) is 0 Å². The number of hydrogen-bond acceptors (Lipinski definition) is 4. The lowest BCUT2D eigenvalue weighted by Gasteiger charge is -2.36. The smallest absolute Gasteiger partial charge is 0.0900 e. The van der Waals surface area contributed by atoms with Crippen LogP contribution in [0.1, 0.15) is 32.4 Å². The van der Waals surface area contributed by atoms with E-state index in [0.717, 1.165) is 18.7 Å². The summed E-state index contributed by atoms with van der Waals surface area (Å²) in [6.07, 6.45) is -0.128. The van der Waals surface area contributed by atoms with Gasteiger partial charge in [0.05, 0.1) is 31.0 Å². The molecule has 1 aliphatic rings. The van der Waals surface area contributed by atoms with Gasteiger partial charge >= 0.3 is 0 Å². The quantitative estimate of drug-likeness (QED) is 0.872. The molecule has 1 heterocycles. The molecule has 2 rings (SSSR count). The maximum atomic E-state index is 10.2. The second-order valence-electron chi connectivity index (χ2n) is 6.16. The molecule has 0 spiro atoms. The van der Waals surface area contributed by atoms with Crippen LogP contribution < -0.4 is 0 Å². The number of halogens is 1. The van der Waals surface area contributed by atoms with Gasteiger partial charge in [-0.15, -0.1) is 0 Å². The Kier molecular flexibility index (Phi) is 6.66. The van der Waals surface area contributed by atoms with E-state index in [0.29, 0.717) is 18.2 Å². The first-order valence-electron chi connectivity index (χ1n) is 7.87. The van der Waals surface area contributed by atoms with Crippen molar-refractivity contribution in [3.8, 4) is 0 Å². The predicted octanol–water partition coefficient (Wildman–Crippen LogP) is 2.89. The monoisotopic (exact) mass is 327 g/mol. The molecule has 0 amide bonds. The zero-order valence-corrected chi connectivity index (χ0v) is 14.3. The van der Waals surface area contributed by atoms with Crippen LogP contribution in [0, 0.1) is 0 Å². The van der Waals surface area contributed by atoms with Crippen LogP contribution in [0.25, 0.3) is 0 Å². The average molecular weight is 328 g/mol.